The summed E-state index contributed by atoms with van der Waals surface area (Å²) in [6.07, 6.45) is 0.532. The van der Waals surface area contributed by atoms with Crippen LogP contribution >= 0.6 is 0 Å². The predicted molar refractivity (Wildman–Crippen MR) is 92.3 cm³/mol. The smallest absolute Gasteiger partial charge is 0.410 e. The Labute approximate surface area is 140 Å². The molecule has 1 saturated heterocycles. The van der Waals surface area contributed by atoms with Gasteiger partial charge in [0.2, 0.25) is 0 Å². The summed E-state index contributed by atoms with van der Waals surface area (Å²) in [4.78, 5) is 14.2. The third-order valence-corrected chi connectivity index (χ3v) is 5.73. The third-order valence-electron chi connectivity index (χ3n) is 4.03. The highest BCUT2D eigenvalue weighted by Crippen LogP contribution is 2.26. The van der Waals surface area contributed by atoms with Crippen LogP contribution in [0.1, 0.15) is 48.0 Å². The highest BCUT2D eigenvalue weighted by molar-refractivity contribution is 7.91. The molecular formula is C16H32N2O4S. The Morgan fingerprint density at radius 1 is 1.35 bits per heavy atom. The first kappa shape index (κ1) is 20.2. The molecule has 0 radical (unpaired) electrons. The molecule has 1 heterocycles. The van der Waals surface area contributed by atoms with Gasteiger partial charge in [0.05, 0.1) is 5.75 Å². The molecule has 2 atom stereocenters. The van der Waals surface area contributed by atoms with Crippen molar-refractivity contribution in [3.8, 4) is 0 Å². The van der Waals surface area contributed by atoms with E-state index in [2.05, 4.69) is 19.2 Å². The number of hydrogen-bond donors (Lipinski definition) is 1. The lowest BCUT2D eigenvalue weighted by molar-refractivity contribution is 0.0188. The second-order valence-corrected chi connectivity index (χ2v) is 10.0. The predicted octanol–water partition coefficient (Wildman–Crippen LogP) is 2.04. The average molecular weight is 349 g/mol. The van der Waals surface area contributed by atoms with Crippen LogP contribution in [0.15, 0.2) is 0 Å². The Kier molecular flexibility index (Phi) is 6.89. The van der Waals surface area contributed by atoms with E-state index >= 15 is 0 Å². The van der Waals surface area contributed by atoms with Crippen molar-refractivity contribution in [3.05, 3.63) is 0 Å². The quantitative estimate of drug-likeness (QED) is 0.795. The van der Waals surface area contributed by atoms with Gasteiger partial charge >= 0.3 is 6.09 Å². The standard InChI is InChI=1S/C16H32N2O4S/c1-7-23(20,21)9-8-17-13-10-14(12(2)3)18(11-13)15(19)22-16(4,5)6/h12-14,17H,7-11H2,1-6H3. The van der Waals surface area contributed by atoms with Crippen molar-refractivity contribution in [1.82, 2.24) is 10.2 Å². The fourth-order valence-electron chi connectivity index (χ4n) is 2.74. The summed E-state index contributed by atoms with van der Waals surface area (Å²) in [6.45, 7) is 12.4. The van der Waals surface area contributed by atoms with Crippen molar-refractivity contribution in [2.24, 2.45) is 5.92 Å². The normalized spacial score (nSPS) is 22.7. The number of nitrogens with zero attached hydrogens (tertiary/aromatic N) is 1. The fraction of sp³-hybridized carbons (Fsp3) is 0.938. The largest absolute Gasteiger partial charge is 0.444 e. The summed E-state index contributed by atoms with van der Waals surface area (Å²) in [6, 6.07) is 0.229. The van der Waals surface area contributed by atoms with Crippen LogP contribution in [0.25, 0.3) is 0 Å². The van der Waals surface area contributed by atoms with Crippen LogP contribution in [0.5, 0.6) is 0 Å². The molecule has 1 rings (SSSR count). The maximum atomic E-state index is 12.4. The Balaban J connectivity index is 2.62. The van der Waals surface area contributed by atoms with Gasteiger partial charge in [-0.25, -0.2) is 13.2 Å². The van der Waals surface area contributed by atoms with Crippen molar-refractivity contribution >= 4 is 15.9 Å². The van der Waals surface area contributed by atoms with E-state index in [9.17, 15) is 13.2 Å². The molecule has 6 nitrogen and oxygen atoms in total. The van der Waals surface area contributed by atoms with Gasteiger partial charge in [-0.2, -0.15) is 0 Å². The van der Waals surface area contributed by atoms with Gasteiger partial charge in [0, 0.05) is 30.9 Å². The average Bonchev–Trinajstić information content (AvgIpc) is 2.81. The highest BCUT2D eigenvalue weighted by atomic mass is 32.2. The number of hydrogen-bond acceptors (Lipinski definition) is 5. The monoisotopic (exact) mass is 348 g/mol. The zero-order valence-corrected chi connectivity index (χ0v) is 16.1. The van der Waals surface area contributed by atoms with Gasteiger partial charge < -0.3 is 15.0 Å². The van der Waals surface area contributed by atoms with E-state index in [1.54, 1.807) is 11.8 Å². The lowest BCUT2D eigenvalue weighted by Crippen LogP contribution is -2.43. The number of nitrogens with one attached hydrogen (secondary N) is 1. The van der Waals surface area contributed by atoms with Gasteiger partial charge in [0.15, 0.2) is 9.84 Å². The number of carbonyl (C=O) groups is 1. The molecule has 1 aliphatic rings. The lowest BCUT2D eigenvalue weighted by atomic mass is 10.0. The van der Waals surface area contributed by atoms with Crippen LogP contribution in [-0.4, -0.2) is 61.7 Å². The van der Waals surface area contributed by atoms with Crippen molar-refractivity contribution in [1.29, 1.82) is 0 Å². The molecule has 1 N–H and O–H groups in total. The van der Waals surface area contributed by atoms with Crippen molar-refractivity contribution in [3.63, 3.8) is 0 Å². The Bertz CT molecular complexity index is 497. The van der Waals surface area contributed by atoms with Crippen molar-refractivity contribution in [2.75, 3.05) is 24.6 Å². The van der Waals surface area contributed by atoms with E-state index in [0.717, 1.165) is 6.42 Å². The first-order valence-electron chi connectivity index (χ1n) is 8.38. The second-order valence-electron chi connectivity index (χ2n) is 7.57. The number of ether oxygens (including phenoxy) is 1. The van der Waals surface area contributed by atoms with Crippen LogP contribution in [-0.2, 0) is 14.6 Å². The minimum Gasteiger partial charge on any atom is -0.444 e. The Morgan fingerprint density at radius 3 is 2.43 bits per heavy atom. The van der Waals surface area contributed by atoms with Gasteiger partial charge in [0.1, 0.15) is 5.60 Å². The minimum absolute atomic E-state index is 0.113. The molecule has 1 fully saturated rings. The maximum absolute atomic E-state index is 12.4. The van der Waals surface area contributed by atoms with Crippen LogP contribution < -0.4 is 5.32 Å². The molecule has 23 heavy (non-hydrogen) atoms. The van der Waals surface area contributed by atoms with E-state index in [4.69, 9.17) is 4.74 Å². The molecule has 1 aliphatic heterocycles. The zero-order chi connectivity index (χ0) is 17.8. The number of carbonyl (C=O) groups excluding carboxylic acids is 1. The molecule has 2 unspecified atom stereocenters. The third kappa shape index (κ3) is 6.67. The summed E-state index contributed by atoms with van der Waals surface area (Å²) >= 11 is 0. The van der Waals surface area contributed by atoms with E-state index < -0.39 is 15.4 Å². The summed E-state index contributed by atoms with van der Waals surface area (Å²) < 4.78 is 28.6. The number of rotatable bonds is 6. The summed E-state index contributed by atoms with van der Waals surface area (Å²) in [5, 5.41) is 3.28. The van der Waals surface area contributed by atoms with Gasteiger partial charge in [-0.15, -0.1) is 0 Å². The van der Waals surface area contributed by atoms with Gasteiger partial charge in [-0.05, 0) is 33.1 Å². The number of sulfone groups is 1. The molecule has 0 aromatic rings. The van der Waals surface area contributed by atoms with E-state index in [1.165, 1.54) is 0 Å². The highest BCUT2D eigenvalue weighted by Gasteiger charge is 2.38. The molecule has 0 spiro atoms. The first-order chi connectivity index (χ1) is 10.4. The maximum Gasteiger partial charge on any atom is 0.410 e. The molecule has 0 aromatic carbocycles. The molecule has 0 aromatic heterocycles. The van der Waals surface area contributed by atoms with Gasteiger partial charge in [-0.3, -0.25) is 0 Å². The first-order valence-corrected chi connectivity index (χ1v) is 10.2. The second kappa shape index (κ2) is 7.83. The topological polar surface area (TPSA) is 75.7 Å². The molecule has 0 bridgehead atoms. The van der Waals surface area contributed by atoms with E-state index in [-0.39, 0.29) is 29.7 Å². The molecule has 0 aliphatic carbocycles. The molecule has 136 valence electrons. The molecule has 1 amide bonds. The lowest BCUT2D eigenvalue weighted by Gasteiger charge is -2.30. The van der Waals surface area contributed by atoms with Crippen molar-refractivity contribution in [2.45, 2.75) is 65.6 Å². The summed E-state index contributed by atoms with van der Waals surface area (Å²) in [5.41, 5.74) is -0.515. The van der Waals surface area contributed by atoms with Crippen LogP contribution in [0, 0.1) is 5.92 Å². The zero-order valence-electron chi connectivity index (χ0n) is 15.3. The Morgan fingerprint density at radius 2 is 1.96 bits per heavy atom. The van der Waals surface area contributed by atoms with Crippen molar-refractivity contribution < 1.29 is 17.9 Å². The van der Waals surface area contributed by atoms with Gasteiger partial charge in [0.25, 0.3) is 0 Å². The minimum atomic E-state index is -2.96. The fourth-order valence-corrected chi connectivity index (χ4v) is 3.46. The molecule has 7 heteroatoms. The number of likely N-dealkylation sites (tertiary alicyclic amines) is 1. The Hall–Kier alpha value is -0.820. The van der Waals surface area contributed by atoms with Crippen LogP contribution in [0.3, 0.4) is 0 Å². The summed E-state index contributed by atoms with van der Waals surface area (Å²) in [5.74, 6) is 0.630. The number of amides is 1. The van der Waals surface area contributed by atoms with E-state index in [0.29, 0.717) is 19.0 Å². The molecular weight excluding hydrogens is 316 g/mol. The van der Waals surface area contributed by atoms with E-state index in [1.807, 2.05) is 20.8 Å². The van der Waals surface area contributed by atoms with Gasteiger partial charge in [-0.1, -0.05) is 20.8 Å². The SMILES string of the molecule is CCS(=O)(=O)CCNC1CC(C(C)C)N(C(=O)OC(C)(C)C)C1. The van der Waals surface area contributed by atoms with Crippen LogP contribution in [0.4, 0.5) is 4.79 Å². The molecule has 0 saturated carbocycles. The van der Waals surface area contributed by atoms with Crippen LogP contribution in [0.2, 0.25) is 0 Å². The summed E-state index contributed by atoms with van der Waals surface area (Å²) in [7, 11) is -2.96.